The van der Waals surface area contributed by atoms with Crippen LogP contribution < -0.4 is 0 Å². The fraction of sp³-hybridized carbons (Fsp3) is 0.182. The van der Waals surface area contributed by atoms with Crippen LogP contribution in [-0.2, 0) is 4.79 Å². The highest BCUT2D eigenvalue weighted by Crippen LogP contribution is 2.24. The van der Waals surface area contributed by atoms with E-state index in [9.17, 15) is 4.79 Å². The first-order valence-corrected chi connectivity index (χ1v) is 4.98. The predicted molar refractivity (Wildman–Crippen MR) is 60.3 cm³/mol. The Morgan fingerprint density at radius 3 is 2.64 bits per heavy atom. The van der Waals surface area contributed by atoms with Gasteiger partial charge in [-0.05, 0) is 36.6 Å². The van der Waals surface area contributed by atoms with Crippen LogP contribution in [0.1, 0.15) is 16.7 Å². The smallest absolute Gasteiger partial charge is 0.328 e. The zero-order valence-electron chi connectivity index (χ0n) is 8.04. The van der Waals surface area contributed by atoms with E-state index in [1.807, 2.05) is 26.0 Å². The number of hydrogen-bond donors (Lipinski definition) is 1. The second-order valence-electron chi connectivity index (χ2n) is 3.08. The van der Waals surface area contributed by atoms with E-state index >= 15 is 0 Å². The molecule has 0 amide bonds. The highest BCUT2D eigenvalue weighted by atomic mass is 79.9. The molecule has 0 spiro atoms. The van der Waals surface area contributed by atoms with Crippen LogP contribution in [0.3, 0.4) is 0 Å². The van der Waals surface area contributed by atoms with E-state index in [1.165, 1.54) is 0 Å². The Morgan fingerprint density at radius 2 is 2.07 bits per heavy atom. The number of aryl methyl sites for hydroxylation is 1. The molecular formula is C11H11BrO2. The zero-order valence-corrected chi connectivity index (χ0v) is 9.63. The largest absolute Gasteiger partial charge is 0.478 e. The minimum atomic E-state index is -0.930. The van der Waals surface area contributed by atoms with Gasteiger partial charge in [-0.2, -0.15) is 0 Å². The molecule has 0 atom stereocenters. The number of carboxylic acid groups (broad SMARTS) is 1. The van der Waals surface area contributed by atoms with Gasteiger partial charge in [0, 0.05) is 10.5 Å². The third-order valence-corrected chi connectivity index (χ3v) is 3.25. The maximum Gasteiger partial charge on any atom is 0.328 e. The minimum Gasteiger partial charge on any atom is -0.478 e. The fourth-order valence-electron chi connectivity index (χ4n) is 1.18. The third-order valence-electron chi connectivity index (χ3n) is 2.03. The van der Waals surface area contributed by atoms with Crippen LogP contribution >= 0.6 is 15.9 Å². The average Bonchev–Trinajstić information content (AvgIpc) is 2.13. The summed E-state index contributed by atoms with van der Waals surface area (Å²) in [5.41, 5.74) is 3.13. The van der Waals surface area contributed by atoms with Crippen molar-refractivity contribution in [1.82, 2.24) is 0 Å². The molecular weight excluding hydrogens is 244 g/mol. The van der Waals surface area contributed by atoms with E-state index in [1.54, 1.807) is 6.08 Å². The SMILES string of the molecule is Cc1ccc(/C=C/C(=O)O)c(C)c1Br. The van der Waals surface area contributed by atoms with Crippen LogP contribution in [-0.4, -0.2) is 11.1 Å². The summed E-state index contributed by atoms with van der Waals surface area (Å²) in [6, 6.07) is 3.87. The number of aliphatic carboxylic acids is 1. The van der Waals surface area contributed by atoms with Crippen LogP contribution in [0.25, 0.3) is 6.08 Å². The highest BCUT2D eigenvalue weighted by Gasteiger charge is 2.02. The van der Waals surface area contributed by atoms with Crippen molar-refractivity contribution >= 4 is 28.0 Å². The molecule has 0 radical (unpaired) electrons. The molecule has 1 rings (SSSR count). The van der Waals surface area contributed by atoms with Gasteiger partial charge in [-0.25, -0.2) is 4.79 Å². The summed E-state index contributed by atoms with van der Waals surface area (Å²) < 4.78 is 1.03. The number of halogens is 1. The van der Waals surface area contributed by atoms with Gasteiger partial charge in [-0.3, -0.25) is 0 Å². The van der Waals surface area contributed by atoms with Crippen molar-refractivity contribution in [1.29, 1.82) is 0 Å². The van der Waals surface area contributed by atoms with Gasteiger partial charge < -0.3 is 5.11 Å². The number of rotatable bonds is 2. The van der Waals surface area contributed by atoms with E-state index in [0.717, 1.165) is 27.2 Å². The molecule has 0 saturated heterocycles. The Balaban J connectivity index is 3.12. The first kappa shape index (κ1) is 11.0. The molecule has 14 heavy (non-hydrogen) atoms. The van der Waals surface area contributed by atoms with Crippen molar-refractivity contribution in [2.45, 2.75) is 13.8 Å². The number of carboxylic acids is 1. The monoisotopic (exact) mass is 254 g/mol. The minimum absolute atomic E-state index is 0.921. The van der Waals surface area contributed by atoms with Gasteiger partial charge in [-0.15, -0.1) is 0 Å². The van der Waals surface area contributed by atoms with Crippen LogP contribution in [0.5, 0.6) is 0 Å². The van der Waals surface area contributed by atoms with Gasteiger partial charge in [0.2, 0.25) is 0 Å². The Labute approximate surface area is 91.4 Å². The molecule has 2 nitrogen and oxygen atoms in total. The van der Waals surface area contributed by atoms with Crippen molar-refractivity contribution in [3.8, 4) is 0 Å². The zero-order chi connectivity index (χ0) is 10.7. The molecule has 0 aliphatic heterocycles. The maximum atomic E-state index is 10.3. The highest BCUT2D eigenvalue weighted by molar-refractivity contribution is 9.10. The van der Waals surface area contributed by atoms with E-state index < -0.39 is 5.97 Å². The molecule has 1 aromatic rings. The topological polar surface area (TPSA) is 37.3 Å². The number of hydrogen-bond acceptors (Lipinski definition) is 1. The number of carbonyl (C=O) groups is 1. The molecule has 0 aromatic heterocycles. The molecule has 1 aromatic carbocycles. The lowest BCUT2D eigenvalue weighted by Crippen LogP contribution is -1.89. The first-order chi connectivity index (χ1) is 6.52. The second kappa shape index (κ2) is 4.42. The van der Waals surface area contributed by atoms with Gasteiger partial charge in [0.25, 0.3) is 0 Å². The molecule has 0 aliphatic rings. The predicted octanol–water partition coefficient (Wildman–Crippen LogP) is 3.16. The van der Waals surface area contributed by atoms with Crippen LogP contribution in [0.15, 0.2) is 22.7 Å². The average molecular weight is 255 g/mol. The Hall–Kier alpha value is -1.09. The van der Waals surface area contributed by atoms with Gasteiger partial charge in [0.05, 0.1) is 0 Å². The van der Waals surface area contributed by atoms with Crippen molar-refractivity contribution in [2.24, 2.45) is 0 Å². The molecule has 74 valence electrons. The lowest BCUT2D eigenvalue weighted by Gasteiger charge is -2.05. The first-order valence-electron chi connectivity index (χ1n) is 4.19. The molecule has 0 saturated carbocycles. The van der Waals surface area contributed by atoms with Gasteiger partial charge in [-0.1, -0.05) is 28.1 Å². The van der Waals surface area contributed by atoms with Crippen LogP contribution in [0, 0.1) is 13.8 Å². The quantitative estimate of drug-likeness (QED) is 0.824. The summed E-state index contributed by atoms with van der Waals surface area (Å²) in [4.78, 5) is 10.3. The molecule has 0 heterocycles. The fourth-order valence-corrected chi connectivity index (χ4v) is 1.54. The Morgan fingerprint density at radius 1 is 1.43 bits per heavy atom. The molecule has 0 fully saturated rings. The third kappa shape index (κ3) is 2.45. The Kier molecular flexibility index (Phi) is 3.47. The van der Waals surface area contributed by atoms with Crippen molar-refractivity contribution < 1.29 is 9.90 Å². The van der Waals surface area contributed by atoms with Crippen molar-refractivity contribution in [3.63, 3.8) is 0 Å². The summed E-state index contributed by atoms with van der Waals surface area (Å²) >= 11 is 3.46. The number of benzene rings is 1. The molecule has 1 N–H and O–H groups in total. The Bertz CT molecular complexity index is 395. The summed E-state index contributed by atoms with van der Waals surface area (Å²) in [6.07, 6.45) is 2.74. The standard InChI is InChI=1S/C11H11BrO2/c1-7-3-4-9(5-6-10(13)14)8(2)11(7)12/h3-6H,1-2H3,(H,13,14)/b6-5+. The van der Waals surface area contributed by atoms with Crippen molar-refractivity contribution in [3.05, 3.63) is 39.4 Å². The van der Waals surface area contributed by atoms with Crippen molar-refractivity contribution in [2.75, 3.05) is 0 Å². The van der Waals surface area contributed by atoms with E-state index in [2.05, 4.69) is 15.9 Å². The van der Waals surface area contributed by atoms with Crippen LogP contribution in [0.2, 0.25) is 0 Å². The van der Waals surface area contributed by atoms with Gasteiger partial charge in [0.1, 0.15) is 0 Å². The van der Waals surface area contributed by atoms with E-state index in [0.29, 0.717) is 0 Å². The lowest BCUT2D eigenvalue weighted by molar-refractivity contribution is -0.131. The maximum absolute atomic E-state index is 10.3. The second-order valence-corrected chi connectivity index (χ2v) is 3.88. The normalized spacial score (nSPS) is 10.8. The summed E-state index contributed by atoms with van der Waals surface area (Å²) in [5, 5.41) is 8.49. The summed E-state index contributed by atoms with van der Waals surface area (Å²) in [7, 11) is 0. The molecule has 0 unspecified atom stereocenters. The molecule has 3 heteroatoms. The van der Waals surface area contributed by atoms with Crippen LogP contribution in [0.4, 0.5) is 0 Å². The van der Waals surface area contributed by atoms with Gasteiger partial charge >= 0.3 is 5.97 Å². The summed E-state index contributed by atoms with van der Waals surface area (Å²) in [6.45, 7) is 3.96. The van der Waals surface area contributed by atoms with E-state index in [4.69, 9.17) is 5.11 Å². The molecule has 0 aliphatic carbocycles. The lowest BCUT2D eigenvalue weighted by atomic mass is 10.1. The van der Waals surface area contributed by atoms with E-state index in [-0.39, 0.29) is 0 Å². The summed E-state index contributed by atoms with van der Waals surface area (Å²) in [5.74, 6) is -0.930. The van der Waals surface area contributed by atoms with Gasteiger partial charge in [0.15, 0.2) is 0 Å². The molecule has 0 bridgehead atoms.